The maximum absolute atomic E-state index is 12.4. The summed E-state index contributed by atoms with van der Waals surface area (Å²) < 4.78 is 27.6. The van der Waals surface area contributed by atoms with E-state index in [9.17, 15) is 13.2 Å². The van der Waals surface area contributed by atoms with Crippen LogP contribution in [-0.4, -0.2) is 26.9 Å². The topological polar surface area (TPSA) is 75.3 Å². The second-order valence-electron chi connectivity index (χ2n) is 5.48. The third kappa shape index (κ3) is 4.42. The highest BCUT2D eigenvalue weighted by atomic mass is 32.2. The summed E-state index contributed by atoms with van der Waals surface area (Å²) in [4.78, 5) is 12.0. The van der Waals surface area contributed by atoms with Crippen LogP contribution in [-0.2, 0) is 10.0 Å². The van der Waals surface area contributed by atoms with Gasteiger partial charge in [-0.2, -0.15) is 0 Å². The Bertz CT molecular complexity index is 635. The van der Waals surface area contributed by atoms with Crippen LogP contribution in [0.4, 0.5) is 0 Å². The van der Waals surface area contributed by atoms with E-state index in [1.807, 2.05) is 0 Å². The van der Waals surface area contributed by atoms with E-state index in [2.05, 4.69) is 16.6 Å². The van der Waals surface area contributed by atoms with Crippen LogP contribution in [0.5, 0.6) is 0 Å². The molecule has 2 rings (SSSR count). The normalized spacial score (nSPS) is 16.2. The van der Waals surface area contributed by atoms with Crippen LogP contribution >= 0.6 is 0 Å². The van der Waals surface area contributed by atoms with Crippen LogP contribution in [0.2, 0.25) is 0 Å². The molecule has 1 aliphatic rings. The Morgan fingerprint density at radius 1 is 1.27 bits per heavy atom. The lowest BCUT2D eigenvalue weighted by atomic mass is 9.96. The standard InChI is InChI=1S/C16H22N2O3S/c1-2-11-17-16(19)13-7-6-10-15(12-13)22(20,21)18-14-8-4-3-5-9-14/h2,6-7,10,12,14,18H,1,3-5,8-9,11H2,(H,17,19). The van der Waals surface area contributed by atoms with Crippen molar-refractivity contribution in [3.8, 4) is 0 Å². The average molecular weight is 322 g/mol. The molecule has 5 nitrogen and oxygen atoms in total. The average Bonchev–Trinajstić information content (AvgIpc) is 2.53. The summed E-state index contributed by atoms with van der Waals surface area (Å²) in [6.45, 7) is 3.87. The van der Waals surface area contributed by atoms with Crippen molar-refractivity contribution in [3.63, 3.8) is 0 Å². The first-order valence-electron chi connectivity index (χ1n) is 7.54. The van der Waals surface area contributed by atoms with Gasteiger partial charge < -0.3 is 5.32 Å². The second kappa shape index (κ2) is 7.56. The molecule has 0 aliphatic heterocycles. The van der Waals surface area contributed by atoms with Gasteiger partial charge in [0, 0.05) is 18.2 Å². The summed E-state index contributed by atoms with van der Waals surface area (Å²) in [6.07, 6.45) is 6.59. The van der Waals surface area contributed by atoms with E-state index in [4.69, 9.17) is 0 Å². The van der Waals surface area contributed by atoms with Gasteiger partial charge in [0.25, 0.3) is 5.91 Å². The minimum Gasteiger partial charge on any atom is -0.349 e. The minimum atomic E-state index is -3.59. The van der Waals surface area contributed by atoms with E-state index < -0.39 is 10.0 Å². The molecule has 1 fully saturated rings. The largest absolute Gasteiger partial charge is 0.349 e. The lowest BCUT2D eigenvalue weighted by Crippen LogP contribution is -2.36. The number of carbonyl (C=O) groups is 1. The number of hydrogen-bond donors (Lipinski definition) is 2. The SMILES string of the molecule is C=CCNC(=O)c1cccc(S(=O)(=O)NC2CCCCC2)c1. The molecular weight excluding hydrogens is 300 g/mol. The lowest BCUT2D eigenvalue weighted by Gasteiger charge is -2.22. The Morgan fingerprint density at radius 2 is 2.00 bits per heavy atom. The summed E-state index contributed by atoms with van der Waals surface area (Å²) in [7, 11) is -3.59. The molecule has 0 radical (unpaired) electrons. The van der Waals surface area contributed by atoms with Gasteiger partial charge in [0.05, 0.1) is 4.90 Å². The predicted octanol–water partition coefficient (Wildman–Crippen LogP) is 2.21. The van der Waals surface area contributed by atoms with Crippen LogP contribution in [0.3, 0.4) is 0 Å². The predicted molar refractivity (Wildman–Crippen MR) is 86.2 cm³/mol. The fourth-order valence-electron chi connectivity index (χ4n) is 2.58. The van der Waals surface area contributed by atoms with E-state index in [-0.39, 0.29) is 16.8 Å². The summed E-state index contributed by atoms with van der Waals surface area (Å²) in [5.41, 5.74) is 0.327. The van der Waals surface area contributed by atoms with Crippen molar-refractivity contribution in [1.29, 1.82) is 0 Å². The van der Waals surface area contributed by atoms with Crippen molar-refractivity contribution >= 4 is 15.9 Å². The van der Waals surface area contributed by atoms with Crippen molar-refractivity contribution < 1.29 is 13.2 Å². The van der Waals surface area contributed by atoms with Crippen LogP contribution < -0.4 is 10.0 Å². The highest BCUT2D eigenvalue weighted by Gasteiger charge is 2.22. The molecule has 120 valence electrons. The summed E-state index contributed by atoms with van der Waals surface area (Å²) in [6, 6.07) is 6.09. The van der Waals surface area contributed by atoms with Crippen molar-refractivity contribution in [2.75, 3.05) is 6.54 Å². The van der Waals surface area contributed by atoms with Gasteiger partial charge in [0.2, 0.25) is 10.0 Å². The molecule has 0 spiro atoms. The Balaban J connectivity index is 2.13. The van der Waals surface area contributed by atoms with Gasteiger partial charge in [0.15, 0.2) is 0 Å². The molecule has 0 atom stereocenters. The van der Waals surface area contributed by atoms with Gasteiger partial charge >= 0.3 is 0 Å². The lowest BCUT2D eigenvalue weighted by molar-refractivity contribution is 0.0958. The van der Waals surface area contributed by atoms with E-state index in [1.165, 1.54) is 12.1 Å². The minimum absolute atomic E-state index is 0.00278. The molecule has 1 aromatic carbocycles. The van der Waals surface area contributed by atoms with Crippen LogP contribution in [0.25, 0.3) is 0 Å². The van der Waals surface area contributed by atoms with Crippen molar-refractivity contribution in [1.82, 2.24) is 10.0 Å². The smallest absolute Gasteiger partial charge is 0.251 e. The Morgan fingerprint density at radius 3 is 2.68 bits per heavy atom. The quantitative estimate of drug-likeness (QED) is 0.789. The van der Waals surface area contributed by atoms with Gasteiger partial charge in [-0.1, -0.05) is 31.4 Å². The monoisotopic (exact) mass is 322 g/mol. The maximum atomic E-state index is 12.4. The van der Waals surface area contributed by atoms with Gasteiger partial charge in [-0.15, -0.1) is 6.58 Å². The van der Waals surface area contributed by atoms with Gasteiger partial charge in [0.1, 0.15) is 0 Å². The number of benzene rings is 1. The molecule has 0 aromatic heterocycles. The molecule has 1 aromatic rings. The van der Waals surface area contributed by atoms with Crippen LogP contribution in [0, 0.1) is 0 Å². The molecular formula is C16H22N2O3S. The number of carbonyl (C=O) groups excluding carboxylic acids is 1. The molecule has 6 heteroatoms. The van der Waals surface area contributed by atoms with Crippen LogP contribution in [0.15, 0.2) is 41.8 Å². The number of hydrogen-bond acceptors (Lipinski definition) is 3. The zero-order chi connectivity index (χ0) is 16.0. The van der Waals surface area contributed by atoms with Gasteiger partial charge in [-0.05, 0) is 31.0 Å². The number of amides is 1. The maximum Gasteiger partial charge on any atom is 0.251 e. The molecule has 0 unspecified atom stereocenters. The van der Waals surface area contributed by atoms with E-state index in [0.29, 0.717) is 12.1 Å². The Kier molecular flexibility index (Phi) is 5.74. The number of nitrogens with one attached hydrogen (secondary N) is 2. The van der Waals surface area contributed by atoms with E-state index in [1.54, 1.807) is 18.2 Å². The molecule has 1 saturated carbocycles. The summed E-state index contributed by atoms with van der Waals surface area (Å²) in [5, 5.41) is 2.64. The molecule has 1 aliphatic carbocycles. The first-order chi connectivity index (χ1) is 10.5. The van der Waals surface area contributed by atoms with Crippen molar-refractivity contribution in [2.45, 2.75) is 43.0 Å². The molecule has 1 amide bonds. The summed E-state index contributed by atoms with van der Waals surface area (Å²) >= 11 is 0. The first kappa shape index (κ1) is 16.7. The van der Waals surface area contributed by atoms with E-state index >= 15 is 0 Å². The highest BCUT2D eigenvalue weighted by molar-refractivity contribution is 7.89. The molecule has 2 N–H and O–H groups in total. The Labute approximate surface area is 131 Å². The fraction of sp³-hybridized carbons (Fsp3) is 0.438. The summed E-state index contributed by atoms with van der Waals surface area (Å²) in [5.74, 6) is -0.311. The molecule has 22 heavy (non-hydrogen) atoms. The molecule has 0 bridgehead atoms. The zero-order valence-corrected chi connectivity index (χ0v) is 13.4. The fourth-order valence-corrected chi connectivity index (χ4v) is 3.93. The zero-order valence-electron chi connectivity index (χ0n) is 12.5. The van der Waals surface area contributed by atoms with E-state index in [0.717, 1.165) is 32.1 Å². The van der Waals surface area contributed by atoms with Crippen molar-refractivity contribution in [3.05, 3.63) is 42.5 Å². The number of rotatable bonds is 6. The van der Waals surface area contributed by atoms with Gasteiger partial charge in [-0.25, -0.2) is 13.1 Å². The van der Waals surface area contributed by atoms with Gasteiger partial charge in [-0.3, -0.25) is 4.79 Å². The molecule has 0 heterocycles. The Hall–Kier alpha value is -1.66. The highest BCUT2D eigenvalue weighted by Crippen LogP contribution is 2.20. The second-order valence-corrected chi connectivity index (χ2v) is 7.20. The third-order valence-corrected chi connectivity index (χ3v) is 5.26. The first-order valence-corrected chi connectivity index (χ1v) is 9.03. The number of sulfonamides is 1. The van der Waals surface area contributed by atoms with Crippen molar-refractivity contribution in [2.24, 2.45) is 0 Å². The van der Waals surface area contributed by atoms with Crippen LogP contribution in [0.1, 0.15) is 42.5 Å². The molecule has 0 saturated heterocycles. The third-order valence-electron chi connectivity index (χ3n) is 3.74.